The van der Waals surface area contributed by atoms with Crippen molar-refractivity contribution in [3.63, 3.8) is 0 Å². The van der Waals surface area contributed by atoms with Crippen LogP contribution >= 0.6 is 11.6 Å². The zero-order valence-electron chi connectivity index (χ0n) is 16.9. The Balaban J connectivity index is 1.68. The van der Waals surface area contributed by atoms with Crippen molar-refractivity contribution in [3.8, 4) is 23.0 Å². The number of anilines is 1. The molecule has 0 saturated heterocycles. The van der Waals surface area contributed by atoms with E-state index < -0.39 is 5.97 Å². The van der Waals surface area contributed by atoms with E-state index in [0.29, 0.717) is 33.5 Å². The lowest BCUT2D eigenvalue weighted by Gasteiger charge is -2.12. The molecule has 0 radical (unpaired) electrons. The van der Waals surface area contributed by atoms with E-state index in [-0.39, 0.29) is 18.3 Å². The standard InChI is InChI=1S/C23H20ClNO6/c1-28-20-12-7-15(13-21(20)30-14-22(26)29-2)23(27)25-16-8-10-17(11-9-16)31-19-6-4-3-5-18(19)24/h3-13H,14H2,1-2H3,(H,25,27). The molecule has 0 aromatic heterocycles. The summed E-state index contributed by atoms with van der Waals surface area (Å²) < 4.78 is 20.9. The number of carbonyl (C=O) groups is 2. The number of hydrogen-bond donors (Lipinski definition) is 1. The summed E-state index contributed by atoms with van der Waals surface area (Å²) >= 11 is 6.10. The van der Waals surface area contributed by atoms with Crippen LogP contribution in [0.2, 0.25) is 5.02 Å². The topological polar surface area (TPSA) is 83.1 Å². The van der Waals surface area contributed by atoms with Crippen LogP contribution in [0.4, 0.5) is 5.69 Å². The van der Waals surface area contributed by atoms with E-state index in [0.717, 1.165) is 0 Å². The van der Waals surface area contributed by atoms with Gasteiger partial charge in [0.1, 0.15) is 11.5 Å². The van der Waals surface area contributed by atoms with Crippen LogP contribution in [0.5, 0.6) is 23.0 Å². The molecule has 0 aliphatic heterocycles. The number of amides is 1. The van der Waals surface area contributed by atoms with Gasteiger partial charge in [-0.05, 0) is 54.6 Å². The molecule has 3 aromatic rings. The number of ether oxygens (including phenoxy) is 4. The smallest absolute Gasteiger partial charge is 0.343 e. The van der Waals surface area contributed by atoms with Gasteiger partial charge in [0.2, 0.25) is 0 Å². The zero-order chi connectivity index (χ0) is 22.2. The minimum atomic E-state index is -0.545. The van der Waals surface area contributed by atoms with Crippen LogP contribution in [0.3, 0.4) is 0 Å². The van der Waals surface area contributed by atoms with Gasteiger partial charge in [0, 0.05) is 11.3 Å². The fourth-order valence-electron chi connectivity index (χ4n) is 2.59. The van der Waals surface area contributed by atoms with Crippen molar-refractivity contribution in [3.05, 3.63) is 77.3 Å². The molecule has 0 heterocycles. The number of methoxy groups -OCH3 is 2. The summed E-state index contributed by atoms with van der Waals surface area (Å²) in [6.45, 7) is -0.301. The lowest BCUT2D eigenvalue weighted by atomic mass is 10.1. The Labute approximate surface area is 184 Å². The highest BCUT2D eigenvalue weighted by molar-refractivity contribution is 6.32. The lowest BCUT2D eigenvalue weighted by molar-refractivity contribution is -0.142. The summed E-state index contributed by atoms with van der Waals surface area (Å²) in [5.41, 5.74) is 0.904. The van der Waals surface area contributed by atoms with E-state index in [9.17, 15) is 9.59 Å². The maximum Gasteiger partial charge on any atom is 0.343 e. The van der Waals surface area contributed by atoms with Gasteiger partial charge >= 0.3 is 5.97 Å². The van der Waals surface area contributed by atoms with E-state index in [1.807, 2.05) is 12.1 Å². The quantitative estimate of drug-likeness (QED) is 0.498. The molecule has 3 rings (SSSR count). The van der Waals surface area contributed by atoms with Crippen LogP contribution in [-0.2, 0) is 9.53 Å². The van der Waals surface area contributed by atoms with E-state index in [2.05, 4.69) is 10.1 Å². The summed E-state index contributed by atoms with van der Waals surface area (Å²) in [6, 6.07) is 18.7. The first-order valence-corrected chi connectivity index (χ1v) is 9.59. The summed E-state index contributed by atoms with van der Waals surface area (Å²) in [5, 5.41) is 3.30. The number of rotatable bonds is 8. The summed E-state index contributed by atoms with van der Waals surface area (Å²) in [4.78, 5) is 24.0. The molecule has 0 fully saturated rings. The zero-order valence-corrected chi connectivity index (χ0v) is 17.6. The molecule has 0 atom stereocenters. The second-order valence-corrected chi connectivity index (χ2v) is 6.65. The summed E-state index contributed by atoms with van der Waals surface area (Å²) in [7, 11) is 2.73. The Morgan fingerprint density at radius 2 is 1.65 bits per heavy atom. The fraction of sp³-hybridized carbons (Fsp3) is 0.130. The minimum absolute atomic E-state index is 0.254. The van der Waals surface area contributed by atoms with Crippen molar-refractivity contribution in [2.24, 2.45) is 0 Å². The van der Waals surface area contributed by atoms with Gasteiger partial charge in [-0.3, -0.25) is 4.79 Å². The molecule has 3 aromatic carbocycles. The molecule has 0 saturated carbocycles. The lowest BCUT2D eigenvalue weighted by Crippen LogP contribution is -2.15. The Bertz CT molecular complexity index is 1070. The van der Waals surface area contributed by atoms with Crippen LogP contribution < -0.4 is 19.5 Å². The Morgan fingerprint density at radius 3 is 2.32 bits per heavy atom. The molecule has 0 aliphatic rings. The number of carbonyl (C=O) groups excluding carboxylic acids is 2. The number of para-hydroxylation sites is 1. The van der Waals surface area contributed by atoms with Crippen LogP contribution in [0.25, 0.3) is 0 Å². The summed E-state index contributed by atoms with van der Waals surface area (Å²) in [6.07, 6.45) is 0. The van der Waals surface area contributed by atoms with Crippen molar-refractivity contribution in [2.75, 3.05) is 26.1 Å². The molecule has 8 heteroatoms. The number of nitrogens with one attached hydrogen (secondary N) is 1. The molecule has 0 spiro atoms. The van der Waals surface area contributed by atoms with Gasteiger partial charge in [-0.15, -0.1) is 0 Å². The predicted octanol–water partition coefficient (Wildman–Crippen LogP) is 4.95. The molecule has 160 valence electrons. The largest absolute Gasteiger partial charge is 0.493 e. The van der Waals surface area contributed by atoms with Gasteiger partial charge in [-0.1, -0.05) is 23.7 Å². The van der Waals surface area contributed by atoms with Gasteiger partial charge in [-0.2, -0.15) is 0 Å². The van der Waals surface area contributed by atoms with Gasteiger partial charge in [0.25, 0.3) is 5.91 Å². The highest BCUT2D eigenvalue weighted by Crippen LogP contribution is 2.30. The first-order chi connectivity index (χ1) is 15.0. The number of halogens is 1. The third kappa shape index (κ3) is 5.90. The number of hydrogen-bond acceptors (Lipinski definition) is 6. The second-order valence-electron chi connectivity index (χ2n) is 6.24. The maximum atomic E-state index is 12.6. The van der Waals surface area contributed by atoms with E-state index in [4.69, 9.17) is 25.8 Å². The van der Waals surface area contributed by atoms with Crippen molar-refractivity contribution in [2.45, 2.75) is 0 Å². The maximum absolute atomic E-state index is 12.6. The molecular weight excluding hydrogens is 422 g/mol. The molecule has 1 N–H and O–H groups in total. The number of benzene rings is 3. The highest BCUT2D eigenvalue weighted by Gasteiger charge is 2.13. The SMILES string of the molecule is COC(=O)COc1cc(C(=O)Nc2ccc(Oc3ccccc3Cl)cc2)ccc1OC. The normalized spacial score (nSPS) is 10.2. The van der Waals surface area contributed by atoms with Gasteiger partial charge < -0.3 is 24.3 Å². The van der Waals surface area contributed by atoms with E-state index in [1.54, 1.807) is 48.5 Å². The first kappa shape index (κ1) is 22.0. The predicted molar refractivity (Wildman–Crippen MR) is 116 cm³/mol. The van der Waals surface area contributed by atoms with Crippen LogP contribution in [0.1, 0.15) is 10.4 Å². The van der Waals surface area contributed by atoms with Crippen molar-refractivity contribution < 1.29 is 28.5 Å². The second kappa shape index (κ2) is 10.4. The van der Waals surface area contributed by atoms with Crippen LogP contribution in [0, 0.1) is 0 Å². The van der Waals surface area contributed by atoms with Gasteiger partial charge in [-0.25, -0.2) is 4.79 Å². The van der Waals surface area contributed by atoms with Crippen molar-refractivity contribution in [1.29, 1.82) is 0 Å². The van der Waals surface area contributed by atoms with Gasteiger partial charge in [0.05, 0.1) is 19.2 Å². The molecular formula is C23H20ClNO6. The van der Waals surface area contributed by atoms with Gasteiger partial charge in [0.15, 0.2) is 18.1 Å². The highest BCUT2D eigenvalue weighted by atomic mass is 35.5. The van der Waals surface area contributed by atoms with E-state index >= 15 is 0 Å². The van der Waals surface area contributed by atoms with Crippen LogP contribution in [-0.4, -0.2) is 32.7 Å². The van der Waals surface area contributed by atoms with Crippen LogP contribution in [0.15, 0.2) is 66.7 Å². The molecule has 0 aliphatic carbocycles. The third-order valence-corrected chi connectivity index (χ3v) is 4.49. The fourth-order valence-corrected chi connectivity index (χ4v) is 2.76. The van der Waals surface area contributed by atoms with E-state index in [1.165, 1.54) is 20.3 Å². The molecule has 0 unspecified atom stereocenters. The monoisotopic (exact) mass is 441 g/mol. The minimum Gasteiger partial charge on any atom is -0.493 e. The third-order valence-electron chi connectivity index (χ3n) is 4.18. The Hall–Kier alpha value is -3.71. The summed E-state index contributed by atoms with van der Waals surface area (Å²) in [5.74, 6) is 0.861. The average molecular weight is 442 g/mol. The molecule has 7 nitrogen and oxygen atoms in total. The molecule has 0 bridgehead atoms. The Morgan fingerprint density at radius 1 is 0.903 bits per heavy atom. The molecule has 31 heavy (non-hydrogen) atoms. The number of esters is 1. The average Bonchev–Trinajstić information content (AvgIpc) is 2.80. The first-order valence-electron chi connectivity index (χ1n) is 9.21. The van der Waals surface area contributed by atoms with Crippen molar-refractivity contribution >= 4 is 29.2 Å². The Kier molecular flexibility index (Phi) is 7.35. The van der Waals surface area contributed by atoms with Crippen molar-refractivity contribution in [1.82, 2.24) is 0 Å². The molecule has 1 amide bonds.